The van der Waals surface area contributed by atoms with Crippen LogP contribution in [-0.4, -0.2) is 71.0 Å². The van der Waals surface area contributed by atoms with E-state index in [4.69, 9.17) is 11.5 Å². The number of amides is 3. The molecule has 1 aliphatic heterocycles. The van der Waals surface area contributed by atoms with E-state index in [0.29, 0.717) is 45.2 Å². The lowest BCUT2D eigenvalue weighted by molar-refractivity contribution is -0.149. The Morgan fingerprint density at radius 3 is 2.28 bits per heavy atom. The number of aliphatic carboxylic acids is 1. The summed E-state index contributed by atoms with van der Waals surface area (Å²) in [5.74, 6) is -2.65. The number of hydrogen-bond donors (Lipinski definition) is 5. The predicted octanol–water partition coefficient (Wildman–Crippen LogP) is -0.836. The molecule has 10 nitrogen and oxygen atoms in total. The van der Waals surface area contributed by atoms with Crippen LogP contribution in [-0.2, 0) is 19.2 Å². The third-order valence-electron chi connectivity index (χ3n) is 5.04. The van der Waals surface area contributed by atoms with Crippen LogP contribution in [0.2, 0.25) is 0 Å². The van der Waals surface area contributed by atoms with Gasteiger partial charge in [0.15, 0.2) is 0 Å². The van der Waals surface area contributed by atoms with E-state index in [1.165, 1.54) is 11.8 Å². The molecule has 29 heavy (non-hydrogen) atoms. The first kappa shape index (κ1) is 24.8. The molecule has 10 heteroatoms. The van der Waals surface area contributed by atoms with Crippen molar-refractivity contribution in [1.29, 1.82) is 0 Å². The minimum atomic E-state index is -1.05. The average Bonchev–Trinajstić information content (AvgIpc) is 3.14. The number of unbranched alkanes of at least 4 members (excludes halogenated alkanes) is 1. The van der Waals surface area contributed by atoms with Gasteiger partial charge in [-0.2, -0.15) is 0 Å². The Bertz CT molecular complexity index is 596. The molecule has 0 aromatic rings. The molecule has 0 aromatic carbocycles. The summed E-state index contributed by atoms with van der Waals surface area (Å²) in [7, 11) is 0. The third-order valence-corrected chi connectivity index (χ3v) is 5.04. The number of likely N-dealkylation sites (tertiary alicyclic amines) is 1. The topological polar surface area (TPSA) is 168 Å². The minimum Gasteiger partial charge on any atom is -0.480 e. The van der Waals surface area contributed by atoms with Crippen LogP contribution >= 0.6 is 0 Å². The van der Waals surface area contributed by atoms with Crippen molar-refractivity contribution in [3.8, 4) is 0 Å². The molecule has 0 radical (unpaired) electrons. The van der Waals surface area contributed by atoms with Gasteiger partial charge in [-0.05, 0) is 51.5 Å². The predicted molar refractivity (Wildman–Crippen MR) is 108 cm³/mol. The molecule has 3 amide bonds. The quantitative estimate of drug-likeness (QED) is 0.275. The van der Waals surface area contributed by atoms with Crippen molar-refractivity contribution in [2.45, 2.75) is 77.0 Å². The van der Waals surface area contributed by atoms with Crippen LogP contribution in [0.1, 0.15) is 52.9 Å². The number of nitrogens with zero attached hydrogens (tertiary/aromatic N) is 1. The molecule has 4 atom stereocenters. The summed E-state index contributed by atoms with van der Waals surface area (Å²) in [5.41, 5.74) is 11.1. The first-order valence-corrected chi connectivity index (χ1v) is 10.2. The lowest BCUT2D eigenvalue weighted by Gasteiger charge is -2.29. The van der Waals surface area contributed by atoms with Gasteiger partial charge in [-0.25, -0.2) is 4.79 Å². The van der Waals surface area contributed by atoms with Crippen LogP contribution in [0.25, 0.3) is 0 Å². The van der Waals surface area contributed by atoms with E-state index >= 15 is 0 Å². The van der Waals surface area contributed by atoms with E-state index in [0.717, 1.165) is 0 Å². The molecule has 1 heterocycles. The number of carboxylic acids is 1. The summed E-state index contributed by atoms with van der Waals surface area (Å²) in [6, 6.07) is -3.38. The van der Waals surface area contributed by atoms with E-state index in [2.05, 4.69) is 10.6 Å². The van der Waals surface area contributed by atoms with E-state index in [9.17, 15) is 24.3 Å². The molecule has 166 valence electrons. The Labute approximate surface area is 171 Å². The summed E-state index contributed by atoms with van der Waals surface area (Å²) in [6.07, 6.45) is 2.62. The van der Waals surface area contributed by atoms with Crippen LogP contribution in [0.4, 0.5) is 0 Å². The van der Waals surface area contributed by atoms with Crippen LogP contribution < -0.4 is 22.1 Å². The van der Waals surface area contributed by atoms with Gasteiger partial charge in [0.25, 0.3) is 0 Å². The number of hydrogen-bond acceptors (Lipinski definition) is 6. The van der Waals surface area contributed by atoms with Gasteiger partial charge in [-0.3, -0.25) is 14.4 Å². The van der Waals surface area contributed by atoms with Crippen molar-refractivity contribution in [3.05, 3.63) is 0 Å². The summed E-state index contributed by atoms with van der Waals surface area (Å²) in [6.45, 7) is 5.86. The summed E-state index contributed by atoms with van der Waals surface area (Å²) >= 11 is 0. The average molecular weight is 414 g/mol. The minimum absolute atomic E-state index is 0.226. The molecule has 7 N–H and O–H groups in total. The summed E-state index contributed by atoms with van der Waals surface area (Å²) < 4.78 is 0. The number of rotatable bonds is 11. The van der Waals surface area contributed by atoms with Crippen molar-refractivity contribution in [2.24, 2.45) is 17.4 Å². The number of carbonyl (C=O) groups excluding carboxylic acids is 3. The second-order valence-corrected chi connectivity index (χ2v) is 7.89. The molecular weight excluding hydrogens is 378 g/mol. The standard InChI is InChI=1S/C19H35N5O5/c1-11(2)15(23-16(25)12(3)21)17(26)22-13(7-4-5-9-20)18(27)24-10-6-8-14(24)19(28)29/h11-15H,4-10,20-21H2,1-3H3,(H,22,26)(H,23,25)(H,28,29). The molecule has 0 aliphatic carbocycles. The Morgan fingerprint density at radius 2 is 1.76 bits per heavy atom. The molecule has 4 unspecified atom stereocenters. The zero-order valence-electron chi connectivity index (χ0n) is 17.5. The first-order valence-electron chi connectivity index (χ1n) is 10.2. The fourth-order valence-electron chi connectivity index (χ4n) is 3.32. The zero-order chi connectivity index (χ0) is 22.1. The van der Waals surface area contributed by atoms with Crippen molar-refractivity contribution in [1.82, 2.24) is 15.5 Å². The monoisotopic (exact) mass is 413 g/mol. The van der Waals surface area contributed by atoms with Crippen molar-refractivity contribution in [3.63, 3.8) is 0 Å². The Hall–Kier alpha value is -2.20. The van der Waals surface area contributed by atoms with Crippen LogP contribution in [0.15, 0.2) is 0 Å². The highest BCUT2D eigenvalue weighted by Gasteiger charge is 2.38. The SMILES string of the molecule is CC(N)C(=O)NC(C(=O)NC(CCCCN)C(=O)N1CCCC1C(=O)O)C(C)C. The lowest BCUT2D eigenvalue weighted by Crippen LogP contribution is -2.58. The maximum absolute atomic E-state index is 13.0. The third kappa shape index (κ3) is 7.28. The normalized spacial score (nSPS) is 19.5. The van der Waals surface area contributed by atoms with E-state index in [-0.39, 0.29) is 5.92 Å². The lowest BCUT2D eigenvalue weighted by atomic mass is 10.0. The number of carboxylic acid groups (broad SMARTS) is 1. The maximum atomic E-state index is 13.0. The largest absolute Gasteiger partial charge is 0.480 e. The van der Waals surface area contributed by atoms with Crippen LogP contribution in [0.3, 0.4) is 0 Å². The number of nitrogens with one attached hydrogen (secondary N) is 2. The Morgan fingerprint density at radius 1 is 1.10 bits per heavy atom. The molecular formula is C19H35N5O5. The second kappa shape index (κ2) is 11.7. The van der Waals surface area contributed by atoms with Crippen LogP contribution in [0, 0.1) is 5.92 Å². The fourth-order valence-corrected chi connectivity index (χ4v) is 3.32. The molecule has 1 saturated heterocycles. The highest BCUT2D eigenvalue weighted by molar-refractivity contribution is 5.94. The van der Waals surface area contributed by atoms with E-state index in [1.807, 2.05) is 0 Å². The smallest absolute Gasteiger partial charge is 0.326 e. The Kier molecular flexibility index (Phi) is 10.0. The molecule has 1 rings (SSSR count). The highest BCUT2D eigenvalue weighted by Crippen LogP contribution is 2.20. The second-order valence-electron chi connectivity index (χ2n) is 7.89. The van der Waals surface area contributed by atoms with Gasteiger partial charge in [-0.1, -0.05) is 13.8 Å². The van der Waals surface area contributed by atoms with Crippen molar-refractivity contribution in [2.75, 3.05) is 13.1 Å². The van der Waals surface area contributed by atoms with Crippen molar-refractivity contribution < 1.29 is 24.3 Å². The molecule has 0 saturated carbocycles. The number of carbonyl (C=O) groups is 4. The first-order chi connectivity index (χ1) is 13.6. The zero-order valence-corrected chi connectivity index (χ0v) is 17.5. The van der Waals surface area contributed by atoms with Crippen molar-refractivity contribution >= 4 is 23.7 Å². The van der Waals surface area contributed by atoms with Gasteiger partial charge in [0, 0.05) is 6.54 Å². The van der Waals surface area contributed by atoms with Gasteiger partial charge in [0.1, 0.15) is 18.1 Å². The van der Waals surface area contributed by atoms with Gasteiger partial charge in [0.2, 0.25) is 17.7 Å². The highest BCUT2D eigenvalue weighted by atomic mass is 16.4. The fraction of sp³-hybridized carbons (Fsp3) is 0.789. The molecule has 1 fully saturated rings. The van der Waals surface area contributed by atoms with Gasteiger partial charge in [0.05, 0.1) is 6.04 Å². The van der Waals surface area contributed by atoms with E-state index in [1.54, 1.807) is 13.8 Å². The molecule has 0 bridgehead atoms. The molecule has 0 aromatic heterocycles. The molecule has 1 aliphatic rings. The maximum Gasteiger partial charge on any atom is 0.326 e. The summed E-state index contributed by atoms with van der Waals surface area (Å²) in [4.78, 5) is 50.6. The number of nitrogens with two attached hydrogens (primary N) is 2. The van der Waals surface area contributed by atoms with E-state index < -0.39 is 47.9 Å². The van der Waals surface area contributed by atoms with Gasteiger partial charge >= 0.3 is 5.97 Å². The van der Waals surface area contributed by atoms with Gasteiger partial charge < -0.3 is 32.1 Å². The summed E-state index contributed by atoms with van der Waals surface area (Å²) in [5, 5.41) is 14.7. The van der Waals surface area contributed by atoms with Crippen LogP contribution in [0.5, 0.6) is 0 Å². The van der Waals surface area contributed by atoms with Gasteiger partial charge in [-0.15, -0.1) is 0 Å². The Balaban J connectivity index is 2.95. The molecule has 0 spiro atoms.